The molecule has 1 aliphatic rings. The van der Waals surface area contributed by atoms with Crippen LogP contribution in [0.15, 0.2) is 42.5 Å². The van der Waals surface area contributed by atoms with Gasteiger partial charge >= 0.3 is 0 Å². The van der Waals surface area contributed by atoms with E-state index in [0.29, 0.717) is 29.0 Å². The Balaban J connectivity index is 1.80. The second-order valence-corrected chi connectivity index (χ2v) is 4.94. The zero-order chi connectivity index (χ0) is 14.8. The third kappa shape index (κ3) is 3.03. The first-order chi connectivity index (χ1) is 10.1. The first-order valence-electron chi connectivity index (χ1n) is 6.61. The molecule has 0 aromatic heterocycles. The zero-order valence-electron chi connectivity index (χ0n) is 11.2. The van der Waals surface area contributed by atoms with E-state index in [1.807, 2.05) is 0 Å². The number of aliphatic hydroxyl groups is 1. The number of halogens is 1. The number of benzene rings is 2. The predicted octanol–water partition coefficient (Wildman–Crippen LogP) is 2.43. The van der Waals surface area contributed by atoms with Gasteiger partial charge in [-0.3, -0.25) is 4.79 Å². The number of rotatable bonds is 3. The average molecular weight is 287 g/mol. The number of hydrogen-bond donors (Lipinski definition) is 2. The van der Waals surface area contributed by atoms with Crippen LogP contribution in [0.3, 0.4) is 0 Å². The number of aliphatic hydroxyl groups excluding tert-OH is 1. The molecular weight excluding hydrogens is 273 g/mol. The Morgan fingerprint density at radius 1 is 1.29 bits per heavy atom. The molecule has 0 fully saturated rings. The first kappa shape index (κ1) is 13.6. The molecule has 1 aliphatic heterocycles. The number of fused-ring (bicyclic) bond motifs is 1. The second-order valence-electron chi connectivity index (χ2n) is 4.94. The summed E-state index contributed by atoms with van der Waals surface area (Å²) in [6.07, 6.45) is -0.485. The van der Waals surface area contributed by atoms with Crippen molar-refractivity contribution in [3.63, 3.8) is 0 Å². The van der Waals surface area contributed by atoms with Gasteiger partial charge in [0.1, 0.15) is 11.6 Å². The Morgan fingerprint density at radius 3 is 2.95 bits per heavy atom. The average Bonchev–Trinajstić information content (AvgIpc) is 2.46. The fourth-order valence-electron chi connectivity index (χ4n) is 2.31. The van der Waals surface area contributed by atoms with Crippen LogP contribution < -0.4 is 10.1 Å². The molecule has 0 spiro atoms. The quantitative estimate of drug-likeness (QED) is 0.911. The van der Waals surface area contributed by atoms with Gasteiger partial charge in [0.15, 0.2) is 6.61 Å². The molecule has 1 unspecified atom stereocenters. The maximum atomic E-state index is 13.1. The Bertz CT molecular complexity index is 687. The number of anilines is 1. The van der Waals surface area contributed by atoms with Gasteiger partial charge in [-0.05, 0) is 35.4 Å². The minimum atomic E-state index is -0.782. The lowest BCUT2D eigenvalue weighted by atomic mass is 10.0. The van der Waals surface area contributed by atoms with Gasteiger partial charge in [-0.15, -0.1) is 0 Å². The largest absolute Gasteiger partial charge is 0.482 e. The van der Waals surface area contributed by atoms with Crippen molar-refractivity contribution >= 4 is 11.6 Å². The topological polar surface area (TPSA) is 58.6 Å². The summed E-state index contributed by atoms with van der Waals surface area (Å²) in [5, 5.41) is 12.9. The minimum absolute atomic E-state index is 0.00179. The van der Waals surface area contributed by atoms with E-state index in [0.717, 1.165) is 0 Å². The van der Waals surface area contributed by atoms with Gasteiger partial charge in [0.2, 0.25) is 0 Å². The SMILES string of the molecule is O=C1COc2ccc(C(O)Cc3cccc(F)c3)cc2N1. The van der Waals surface area contributed by atoms with Crippen molar-refractivity contribution in [3.8, 4) is 5.75 Å². The Morgan fingerprint density at radius 2 is 2.14 bits per heavy atom. The molecule has 0 saturated heterocycles. The molecule has 1 amide bonds. The highest BCUT2D eigenvalue weighted by Gasteiger charge is 2.18. The van der Waals surface area contributed by atoms with Crippen LogP contribution in [0.5, 0.6) is 5.75 Å². The molecule has 3 rings (SSSR count). The van der Waals surface area contributed by atoms with Gasteiger partial charge in [-0.1, -0.05) is 18.2 Å². The Hall–Kier alpha value is -2.40. The number of ether oxygens (including phenoxy) is 1. The Labute approximate surface area is 121 Å². The predicted molar refractivity (Wildman–Crippen MR) is 75.6 cm³/mol. The molecule has 2 aromatic rings. The van der Waals surface area contributed by atoms with Crippen LogP contribution in [0.4, 0.5) is 10.1 Å². The van der Waals surface area contributed by atoms with E-state index in [1.54, 1.807) is 30.3 Å². The van der Waals surface area contributed by atoms with Crippen LogP contribution in [0.1, 0.15) is 17.2 Å². The smallest absolute Gasteiger partial charge is 0.262 e. The van der Waals surface area contributed by atoms with Crippen molar-refractivity contribution in [2.75, 3.05) is 11.9 Å². The van der Waals surface area contributed by atoms with Gasteiger partial charge in [0.25, 0.3) is 5.91 Å². The van der Waals surface area contributed by atoms with Gasteiger partial charge in [0, 0.05) is 6.42 Å². The maximum absolute atomic E-state index is 13.1. The molecule has 0 radical (unpaired) electrons. The van der Waals surface area contributed by atoms with Crippen LogP contribution in [-0.4, -0.2) is 17.6 Å². The molecule has 0 saturated carbocycles. The lowest BCUT2D eigenvalue weighted by Crippen LogP contribution is -2.25. The molecule has 108 valence electrons. The summed E-state index contributed by atoms with van der Waals surface area (Å²) in [5.41, 5.74) is 1.89. The highest BCUT2D eigenvalue weighted by atomic mass is 19.1. The molecule has 1 atom stereocenters. The number of hydrogen-bond acceptors (Lipinski definition) is 3. The van der Waals surface area contributed by atoms with Crippen molar-refractivity contribution in [3.05, 3.63) is 59.4 Å². The molecule has 1 heterocycles. The summed E-state index contributed by atoms with van der Waals surface area (Å²) >= 11 is 0. The van der Waals surface area contributed by atoms with Crippen molar-refractivity contribution < 1.29 is 19.0 Å². The van der Waals surface area contributed by atoms with E-state index in [9.17, 15) is 14.3 Å². The lowest BCUT2D eigenvalue weighted by molar-refractivity contribution is -0.118. The van der Waals surface area contributed by atoms with E-state index < -0.39 is 6.10 Å². The molecule has 4 nitrogen and oxygen atoms in total. The van der Waals surface area contributed by atoms with Crippen LogP contribution in [0.2, 0.25) is 0 Å². The molecule has 0 bridgehead atoms. The number of carbonyl (C=O) groups is 1. The van der Waals surface area contributed by atoms with Crippen LogP contribution in [0, 0.1) is 5.82 Å². The molecule has 0 aliphatic carbocycles. The molecule has 5 heteroatoms. The normalized spacial score (nSPS) is 14.9. The fourth-order valence-corrected chi connectivity index (χ4v) is 2.31. The third-order valence-corrected chi connectivity index (χ3v) is 3.34. The monoisotopic (exact) mass is 287 g/mol. The Kier molecular flexibility index (Phi) is 3.58. The zero-order valence-corrected chi connectivity index (χ0v) is 11.2. The summed E-state index contributed by atoms with van der Waals surface area (Å²) in [5.74, 6) is 0.0291. The highest BCUT2D eigenvalue weighted by Crippen LogP contribution is 2.31. The molecule has 2 aromatic carbocycles. The second kappa shape index (κ2) is 5.54. The standard InChI is InChI=1S/C16H14FNO3/c17-12-3-1-2-10(6-12)7-14(19)11-4-5-15-13(8-11)18-16(20)9-21-15/h1-6,8,14,19H,7,9H2,(H,18,20). The fraction of sp³-hybridized carbons (Fsp3) is 0.188. The summed E-state index contributed by atoms with van der Waals surface area (Å²) < 4.78 is 18.4. The van der Waals surface area contributed by atoms with E-state index in [-0.39, 0.29) is 18.3 Å². The van der Waals surface area contributed by atoms with Crippen molar-refractivity contribution in [1.82, 2.24) is 0 Å². The van der Waals surface area contributed by atoms with Crippen molar-refractivity contribution in [2.45, 2.75) is 12.5 Å². The van der Waals surface area contributed by atoms with E-state index in [4.69, 9.17) is 4.74 Å². The molecular formula is C16H14FNO3. The summed E-state index contributed by atoms with van der Waals surface area (Å²) in [7, 11) is 0. The van der Waals surface area contributed by atoms with Gasteiger partial charge < -0.3 is 15.2 Å². The third-order valence-electron chi connectivity index (χ3n) is 3.34. The van der Waals surface area contributed by atoms with Crippen LogP contribution in [0.25, 0.3) is 0 Å². The van der Waals surface area contributed by atoms with E-state index in [2.05, 4.69) is 5.32 Å². The minimum Gasteiger partial charge on any atom is -0.482 e. The van der Waals surface area contributed by atoms with Crippen LogP contribution in [-0.2, 0) is 11.2 Å². The van der Waals surface area contributed by atoms with E-state index in [1.165, 1.54) is 12.1 Å². The number of nitrogens with one attached hydrogen (secondary N) is 1. The number of carbonyl (C=O) groups excluding carboxylic acids is 1. The lowest BCUT2D eigenvalue weighted by Gasteiger charge is -2.20. The summed E-state index contributed by atoms with van der Waals surface area (Å²) in [6, 6.07) is 11.2. The van der Waals surface area contributed by atoms with Crippen LogP contribution >= 0.6 is 0 Å². The molecule has 2 N–H and O–H groups in total. The van der Waals surface area contributed by atoms with Gasteiger partial charge in [-0.25, -0.2) is 4.39 Å². The number of amides is 1. The summed E-state index contributed by atoms with van der Waals surface area (Å²) in [4.78, 5) is 11.3. The van der Waals surface area contributed by atoms with Crippen molar-refractivity contribution in [2.24, 2.45) is 0 Å². The maximum Gasteiger partial charge on any atom is 0.262 e. The highest BCUT2D eigenvalue weighted by molar-refractivity contribution is 5.95. The van der Waals surface area contributed by atoms with Crippen molar-refractivity contribution in [1.29, 1.82) is 0 Å². The first-order valence-corrected chi connectivity index (χ1v) is 6.61. The van der Waals surface area contributed by atoms with E-state index >= 15 is 0 Å². The summed E-state index contributed by atoms with van der Waals surface area (Å²) in [6.45, 7) is -0.00179. The van der Waals surface area contributed by atoms with Gasteiger partial charge in [0.05, 0.1) is 11.8 Å². The van der Waals surface area contributed by atoms with Gasteiger partial charge in [-0.2, -0.15) is 0 Å². The molecule has 21 heavy (non-hydrogen) atoms.